The van der Waals surface area contributed by atoms with Gasteiger partial charge in [-0.05, 0) is 39.2 Å². The standard InChI is InChI=1S/C11H24N2O2S/c1-3-5-10(2)13-16(14,15)9-4-8-12-11-6-7-11/h10-13H,3-9H2,1-2H3. The topological polar surface area (TPSA) is 58.2 Å². The molecule has 0 aromatic heterocycles. The van der Waals surface area contributed by atoms with E-state index >= 15 is 0 Å². The first kappa shape index (κ1) is 13.9. The lowest BCUT2D eigenvalue weighted by molar-refractivity contribution is 0.540. The highest BCUT2D eigenvalue weighted by Gasteiger charge is 2.20. The smallest absolute Gasteiger partial charge is 0.211 e. The van der Waals surface area contributed by atoms with Gasteiger partial charge in [0.25, 0.3) is 0 Å². The Kier molecular flexibility index (Phi) is 5.72. The fraction of sp³-hybridized carbons (Fsp3) is 1.00. The zero-order chi connectivity index (χ0) is 12.0. The molecule has 1 atom stereocenters. The molecule has 0 bridgehead atoms. The van der Waals surface area contributed by atoms with Crippen LogP contribution in [0.5, 0.6) is 0 Å². The van der Waals surface area contributed by atoms with Crippen molar-refractivity contribution in [1.29, 1.82) is 0 Å². The lowest BCUT2D eigenvalue weighted by Crippen LogP contribution is -2.35. The van der Waals surface area contributed by atoms with E-state index in [4.69, 9.17) is 0 Å². The molecule has 0 saturated heterocycles. The summed E-state index contributed by atoms with van der Waals surface area (Å²) in [5.41, 5.74) is 0. The SMILES string of the molecule is CCCC(C)NS(=O)(=O)CCCNC1CC1. The molecule has 1 saturated carbocycles. The zero-order valence-corrected chi connectivity index (χ0v) is 11.1. The summed E-state index contributed by atoms with van der Waals surface area (Å²) in [5, 5.41) is 3.32. The number of hydrogen-bond acceptors (Lipinski definition) is 3. The summed E-state index contributed by atoms with van der Waals surface area (Å²) in [6.07, 6.45) is 5.11. The normalized spacial score (nSPS) is 18.6. The predicted molar refractivity (Wildman–Crippen MR) is 66.9 cm³/mol. The van der Waals surface area contributed by atoms with Crippen LogP contribution in [0, 0.1) is 0 Å². The molecule has 1 fully saturated rings. The van der Waals surface area contributed by atoms with Crippen molar-refractivity contribution < 1.29 is 8.42 Å². The second-order valence-corrected chi connectivity index (χ2v) is 6.58. The lowest BCUT2D eigenvalue weighted by Gasteiger charge is -2.13. The number of nitrogens with one attached hydrogen (secondary N) is 2. The molecule has 96 valence electrons. The van der Waals surface area contributed by atoms with E-state index in [1.165, 1.54) is 12.8 Å². The summed E-state index contributed by atoms with van der Waals surface area (Å²) in [4.78, 5) is 0. The van der Waals surface area contributed by atoms with Crippen molar-refractivity contribution in [1.82, 2.24) is 10.0 Å². The molecular weight excluding hydrogens is 224 g/mol. The maximum Gasteiger partial charge on any atom is 0.211 e. The quantitative estimate of drug-likeness (QED) is 0.604. The first-order valence-corrected chi connectivity index (χ1v) is 7.92. The fourth-order valence-electron chi connectivity index (χ4n) is 1.71. The summed E-state index contributed by atoms with van der Waals surface area (Å²) in [6, 6.07) is 0.723. The van der Waals surface area contributed by atoms with Crippen molar-refractivity contribution in [2.24, 2.45) is 0 Å². The monoisotopic (exact) mass is 248 g/mol. The maximum atomic E-state index is 11.6. The third-order valence-corrected chi connectivity index (χ3v) is 4.29. The second-order valence-electron chi connectivity index (χ2n) is 4.71. The van der Waals surface area contributed by atoms with Crippen molar-refractivity contribution in [3.05, 3.63) is 0 Å². The first-order valence-electron chi connectivity index (χ1n) is 6.27. The summed E-state index contributed by atoms with van der Waals surface area (Å²) in [6.45, 7) is 4.79. The van der Waals surface area contributed by atoms with E-state index in [0.717, 1.165) is 19.4 Å². The second kappa shape index (κ2) is 6.57. The molecule has 1 aliphatic carbocycles. The van der Waals surface area contributed by atoms with E-state index in [9.17, 15) is 8.42 Å². The Morgan fingerprint density at radius 3 is 2.62 bits per heavy atom. The third kappa shape index (κ3) is 6.45. The molecule has 1 rings (SSSR count). The van der Waals surface area contributed by atoms with Crippen LogP contribution in [0.3, 0.4) is 0 Å². The maximum absolute atomic E-state index is 11.6. The third-order valence-electron chi connectivity index (χ3n) is 2.70. The van der Waals surface area contributed by atoms with E-state index in [1.807, 2.05) is 6.92 Å². The van der Waals surface area contributed by atoms with Crippen LogP contribution in [0.1, 0.15) is 46.0 Å². The Morgan fingerprint density at radius 1 is 1.38 bits per heavy atom. The molecule has 5 heteroatoms. The van der Waals surface area contributed by atoms with Gasteiger partial charge in [-0.1, -0.05) is 13.3 Å². The van der Waals surface area contributed by atoms with Crippen LogP contribution in [0.25, 0.3) is 0 Å². The van der Waals surface area contributed by atoms with Crippen molar-refractivity contribution in [3.63, 3.8) is 0 Å². The molecule has 0 heterocycles. The average molecular weight is 248 g/mol. The Balaban J connectivity index is 2.11. The predicted octanol–water partition coefficient (Wildman–Crippen LogP) is 1.24. The summed E-state index contributed by atoms with van der Waals surface area (Å²) < 4.78 is 26.0. The summed E-state index contributed by atoms with van der Waals surface area (Å²) in [5.74, 6) is 0.237. The molecular formula is C11H24N2O2S. The van der Waals surface area contributed by atoms with E-state index in [0.29, 0.717) is 12.5 Å². The highest BCUT2D eigenvalue weighted by Crippen LogP contribution is 2.18. The molecule has 1 unspecified atom stereocenters. The van der Waals surface area contributed by atoms with Crippen LogP contribution in [-0.2, 0) is 10.0 Å². The molecule has 1 aliphatic rings. The minimum absolute atomic E-state index is 0.0615. The van der Waals surface area contributed by atoms with Gasteiger partial charge in [0, 0.05) is 12.1 Å². The molecule has 16 heavy (non-hydrogen) atoms. The van der Waals surface area contributed by atoms with Crippen molar-refractivity contribution in [3.8, 4) is 0 Å². The fourth-order valence-corrected chi connectivity index (χ4v) is 3.09. The first-order chi connectivity index (χ1) is 7.53. The molecule has 4 nitrogen and oxygen atoms in total. The van der Waals surface area contributed by atoms with E-state index in [-0.39, 0.29) is 11.8 Å². The number of hydrogen-bond donors (Lipinski definition) is 2. The number of sulfonamides is 1. The van der Waals surface area contributed by atoms with Gasteiger partial charge in [-0.25, -0.2) is 13.1 Å². The van der Waals surface area contributed by atoms with Crippen LogP contribution in [0.4, 0.5) is 0 Å². The van der Waals surface area contributed by atoms with Crippen LogP contribution >= 0.6 is 0 Å². The Labute approximate surface area is 99.2 Å². The molecule has 0 aromatic carbocycles. The van der Waals surface area contributed by atoms with Crippen LogP contribution in [-0.4, -0.2) is 32.8 Å². The summed E-state index contributed by atoms with van der Waals surface area (Å²) >= 11 is 0. The van der Waals surface area contributed by atoms with Crippen LogP contribution in [0.15, 0.2) is 0 Å². The van der Waals surface area contributed by atoms with Gasteiger partial charge < -0.3 is 5.32 Å². The molecule has 0 spiro atoms. The highest BCUT2D eigenvalue weighted by atomic mass is 32.2. The van der Waals surface area contributed by atoms with Gasteiger partial charge in [-0.2, -0.15) is 0 Å². The lowest BCUT2D eigenvalue weighted by atomic mass is 10.2. The van der Waals surface area contributed by atoms with Gasteiger partial charge in [0.15, 0.2) is 0 Å². The van der Waals surface area contributed by atoms with E-state index < -0.39 is 10.0 Å². The Morgan fingerprint density at radius 2 is 2.06 bits per heavy atom. The Bertz CT molecular complexity index is 286. The zero-order valence-electron chi connectivity index (χ0n) is 10.3. The highest BCUT2D eigenvalue weighted by molar-refractivity contribution is 7.89. The Hall–Kier alpha value is -0.130. The van der Waals surface area contributed by atoms with Gasteiger partial charge in [-0.3, -0.25) is 0 Å². The van der Waals surface area contributed by atoms with Gasteiger partial charge >= 0.3 is 0 Å². The molecule has 2 N–H and O–H groups in total. The molecule has 0 aliphatic heterocycles. The van der Waals surface area contributed by atoms with Gasteiger partial charge in [0.1, 0.15) is 0 Å². The van der Waals surface area contributed by atoms with Gasteiger partial charge in [0.2, 0.25) is 10.0 Å². The molecule has 0 aromatic rings. The van der Waals surface area contributed by atoms with Crippen molar-refractivity contribution in [2.75, 3.05) is 12.3 Å². The van der Waals surface area contributed by atoms with Crippen molar-refractivity contribution >= 4 is 10.0 Å². The van der Waals surface area contributed by atoms with E-state index in [2.05, 4.69) is 17.0 Å². The molecule has 0 amide bonds. The van der Waals surface area contributed by atoms with Crippen LogP contribution in [0.2, 0.25) is 0 Å². The summed E-state index contributed by atoms with van der Waals surface area (Å²) in [7, 11) is -3.07. The average Bonchev–Trinajstić information content (AvgIpc) is 2.95. The van der Waals surface area contributed by atoms with Gasteiger partial charge in [-0.15, -0.1) is 0 Å². The van der Waals surface area contributed by atoms with Crippen molar-refractivity contribution in [2.45, 2.75) is 58.0 Å². The number of rotatable bonds is 9. The molecule has 0 radical (unpaired) electrons. The van der Waals surface area contributed by atoms with Crippen LogP contribution < -0.4 is 10.0 Å². The minimum Gasteiger partial charge on any atom is -0.314 e. The van der Waals surface area contributed by atoms with Gasteiger partial charge in [0.05, 0.1) is 5.75 Å². The minimum atomic E-state index is -3.07. The largest absolute Gasteiger partial charge is 0.314 e. The van der Waals surface area contributed by atoms with E-state index in [1.54, 1.807) is 0 Å².